The molecule has 132 valence electrons. The Kier molecular flexibility index (Phi) is 10.3. The minimum Gasteiger partial charge on any atom is -1.00 e. The Morgan fingerprint density at radius 2 is 1.00 bits per heavy atom. The van der Waals surface area contributed by atoms with Crippen molar-refractivity contribution < 1.29 is 28.5 Å². The number of halogens is 1. The Balaban J connectivity index is 0.00000288. The molecule has 0 aliphatic rings. The first-order valence-corrected chi connectivity index (χ1v) is 9.21. The molecule has 0 saturated heterocycles. The van der Waals surface area contributed by atoms with Crippen LogP contribution in [0.1, 0.15) is 50.7 Å². The van der Waals surface area contributed by atoms with Crippen molar-refractivity contribution in [1.82, 2.24) is 0 Å². The third-order valence-corrected chi connectivity index (χ3v) is 4.69. The zero-order chi connectivity index (χ0) is 16.4. The highest BCUT2D eigenvalue weighted by atomic mass is 127. The van der Waals surface area contributed by atoms with Crippen LogP contribution in [0.2, 0.25) is 0 Å². The topological polar surface area (TPSA) is 0 Å². The van der Waals surface area contributed by atoms with Crippen molar-refractivity contribution in [2.75, 3.05) is 13.1 Å². The lowest BCUT2D eigenvalue weighted by Crippen LogP contribution is -3.00. The molecule has 0 fully saturated rings. The first kappa shape index (κ1) is 21.2. The molecule has 0 aliphatic carbocycles. The fourth-order valence-corrected chi connectivity index (χ4v) is 3.41. The molecule has 0 aromatic heterocycles. The normalized spacial score (nSPS) is 11.1. The first-order valence-electron chi connectivity index (χ1n) is 9.21. The molecule has 0 N–H and O–H groups in total. The highest BCUT2D eigenvalue weighted by Crippen LogP contribution is 2.22. The average molecular weight is 437 g/mol. The summed E-state index contributed by atoms with van der Waals surface area (Å²) in [4.78, 5) is 0. The fraction of sp³-hybridized carbons (Fsp3) is 0.455. The van der Waals surface area contributed by atoms with Crippen molar-refractivity contribution in [1.29, 1.82) is 0 Å². The number of hydrogen-bond donors (Lipinski definition) is 0. The molecule has 0 heterocycles. The standard InChI is InChI=1S/C22H32N.HI/c1-3-5-17-23(18-6-4-2,19-21-13-9-7-10-14-21)20-22-15-11-8-12-16-22;/h7-16H,3-6,17-20H2,1-2H3;1H/q+1;/p-1. The summed E-state index contributed by atoms with van der Waals surface area (Å²) in [6.07, 6.45) is 5.16. The van der Waals surface area contributed by atoms with Gasteiger partial charge in [-0.1, -0.05) is 87.4 Å². The zero-order valence-corrected chi connectivity index (χ0v) is 17.4. The zero-order valence-electron chi connectivity index (χ0n) is 15.3. The SMILES string of the molecule is CCCC[N+](CCCC)(Cc1ccccc1)Cc1ccccc1.[I-]. The summed E-state index contributed by atoms with van der Waals surface area (Å²) in [5.74, 6) is 0. The van der Waals surface area contributed by atoms with E-state index in [4.69, 9.17) is 0 Å². The largest absolute Gasteiger partial charge is 1.00 e. The van der Waals surface area contributed by atoms with Gasteiger partial charge in [0.15, 0.2) is 0 Å². The molecule has 1 nitrogen and oxygen atoms in total. The van der Waals surface area contributed by atoms with E-state index in [-0.39, 0.29) is 24.0 Å². The van der Waals surface area contributed by atoms with Gasteiger partial charge in [0.2, 0.25) is 0 Å². The van der Waals surface area contributed by atoms with Crippen molar-refractivity contribution >= 4 is 0 Å². The van der Waals surface area contributed by atoms with Gasteiger partial charge >= 0.3 is 0 Å². The maximum absolute atomic E-state index is 2.31. The molecule has 0 aliphatic heterocycles. The molecular formula is C22H32IN. The van der Waals surface area contributed by atoms with Crippen LogP contribution in [-0.4, -0.2) is 17.6 Å². The van der Waals surface area contributed by atoms with Crippen LogP contribution in [0.15, 0.2) is 60.7 Å². The Morgan fingerprint density at radius 3 is 1.33 bits per heavy atom. The Bertz CT molecular complexity index is 487. The molecule has 2 heteroatoms. The van der Waals surface area contributed by atoms with Crippen LogP contribution in [-0.2, 0) is 13.1 Å². The highest BCUT2D eigenvalue weighted by Gasteiger charge is 2.27. The van der Waals surface area contributed by atoms with Crippen molar-refractivity contribution in [3.63, 3.8) is 0 Å². The molecular weight excluding hydrogens is 405 g/mol. The molecule has 24 heavy (non-hydrogen) atoms. The van der Waals surface area contributed by atoms with E-state index in [0.717, 1.165) is 13.1 Å². The highest BCUT2D eigenvalue weighted by molar-refractivity contribution is 5.15. The summed E-state index contributed by atoms with van der Waals surface area (Å²) < 4.78 is 1.19. The Labute approximate surface area is 165 Å². The summed E-state index contributed by atoms with van der Waals surface area (Å²) in [6.45, 7) is 9.46. The molecule has 0 bridgehead atoms. The molecule has 2 rings (SSSR count). The first-order chi connectivity index (χ1) is 11.3. The van der Waals surface area contributed by atoms with Crippen molar-refractivity contribution in [2.24, 2.45) is 0 Å². The summed E-state index contributed by atoms with van der Waals surface area (Å²) in [5.41, 5.74) is 2.94. The second-order valence-corrected chi connectivity index (χ2v) is 6.78. The van der Waals surface area contributed by atoms with Crippen LogP contribution in [0.5, 0.6) is 0 Å². The van der Waals surface area contributed by atoms with Gasteiger partial charge in [-0.25, -0.2) is 0 Å². The molecule has 0 saturated carbocycles. The van der Waals surface area contributed by atoms with Gasteiger partial charge in [0.1, 0.15) is 13.1 Å². The third kappa shape index (κ3) is 6.94. The molecule has 2 aromatic carbocycles. The van der Waals surface area contributed by atoms with E-state index in [0.29, 0.717) is 0 Å². The predicted octanol–water partition coefficient (Wildman–Crippen LogP) is 2.81. The van der Waals surface area contributed by atoms with E-state index in [1.54, 1.807) is 0 Å². The van der Waals surface area contributed by atoms with Crippen LogP contribution in [0.3, 0.4) is 0 Å². The molecule has 0 radical (unpaired) electrons. The van der Waals surface area contributed by atoms with E-state index in [1.807, 2.05) is 0 Å². The minimum absolute atomic E-state index is 0. The minimum atomic E-state index is 0. The van der Waals surface area contributed by atoms with Crippen LogP contribution in [0, 0.1) is 0 Å². The van der Waals surface area contributed by atoms with Crippen LogP contribution < -0.4 is 24.0 Å². The maximum atomic E-state index is 2.31. The smallest absolute Gasteiger partial charge is 0.105 e. The van der Waals surface area contributed by atoms with Crippen molar-refractivity contribution in [3.05, 3.63) is 71.8 Å². The maximum Gasteiger partial charge on any atom is 0.105 e. The lowest BCUT2D eigenvalue weighted by atomic mass is 10.1. The van der Waals surface area contributed by atoms with Crippen LogP contribution in [0.4, 0.5) is 0 Å². The number of quaternary nitrogens is 1. The van der Waals surface area contributed by atoms with Gasteiger partial charge in [-0.05, 0) is 12.8 Å². The second kappa shape index (κ2) is 11.6. The monoisotopic (exact) mass is 437 g/mol. The van der Waals surface area contributed by atoms with E-state index in [2.05, 4.69) is 74.5 Å². The summed E-state index contributed by atoms with van der Waals surface area (Å²) in [5, 5.41) is 0. The second-order valence-electron chi connectivity index (χ2n) is 6.78. The number of hydrogen-bond acceptors (Lipinski definition) is 0. The van der Waals surface area contributed by atoms with Gasteiger partial charge in [0.05, 0.1) is 13.1 Å². The van der Waals surface area contributed by atoms with Gasteiger partial charge in [-0.3, -0.25) is 0 Å². The third-order valence-electron chi connectivity index (χ3n) is 4.69. The van der Waals surface area contributed by atoms with Crippen LogP contribution in [0.25, 0.3) is 0 Å². The summed E-state index contributed by atoms with van der Waals surface area (Å²) >= 11 is 0. The summed E-state index contributed by atoms with van der Waals surface area (Å²) in [6, 6.07) is 22.1. The summed E-state index contributed by atoms with van der Waals surface area (Å²) in [7, 11) is 0. The Hall–Kier alpha value is -0.870. The number of nitrogens with zero attached hydrogens (tertiary/aromatic N) is 1. The van der Waals surface area contributed by atoms with Gasteiger partial charge < -0.3 is 28.5 Å². The fourth-order valence-electron chi connectivity index (χ4n) is 3.41. The van der Waals surface area contributed by atoms with Crippen LogP contribution >= 0.6 is 0 Å². The molecule has 0 spiro atoms. The predicted molar refractivity (Wildman–Crippen MR) is 100 cm³/mol. The lowest BCUT2D eigenvalue weighted by molar-refractivity contribution is -0.954. The van der Waals surface area contributed by atoms with E-state index in [1.165, 1.54) is 54.4 Å². The van der Waals surface area contributed by atoms with Gasteiger partial charge in [-0.2, -0.15) is 0 Å². The number of rotatable bonds is 10. The number of benzene rings is 2. The lowest BCUT2D eigenvalue weighted by Gasteiger charge is -2.39. The van der Waals surface area contributed by atoms with E-state index in [9.17, 15) is 0 Å². The van der Waals surface area contributed by atoms with Gasteiger partial charge in [0, 0.05) is 11.1 Å². The van der Waals surface area contributed by atoms with Gasteiger partial charge in [-0.15, -0.1) is 0 Å². The molecule has 2 aromatic rings. The average Bonchev–Trinajstić information content (AvgIpc) is 2.60. The molecule has 0 unspecified atom stereocenters. The van der Waals surface area contributed by atoms with Crippen molar-refractivity contribution in [2.45, 2.75) is 52.6 Å². The van der Waals surface area contributed by atoms with E-state index >= 15 is 0 Å². The van der Waals surface area contributed by atoms with Crippen molar-refractivity contribution in [3.8, 4) is 0 Å². The Morgan fingerprint density at radius 1 is 0.625 bits per heavy atom. The van der Waals surface area contributed by atoms with Gasteiger partial charge in [0.25, 0.3) is 0 Å². The molecule has 0 atom stereocenters. The quantitative estimate of drug-likeness (QED) is 0.396. The molecule has 0 amide bonds. The van der Waals surface area contributed by atoms with E-state index < -0.39 is 0 Å². The number of unbranched alkanes of at least 4 members (excludes halogenated alkanes) is 2.